The zero-order chi connectivity index (χ0) is 15.6. The molecule has 1 aromatic heterocycles. The molecule has 7 heteroatoms. The SMILES string of the molecule is COC(=O)c1c(N2CCN(C)CC2)nn(CC(C)C)c1N. The average molecular weight is 295 g/mol. The summed E-state index contributed by atoms with van der Waals surface area (Å²) in [6, 6.07) is 0. The Morgan fingerprint density at radius 3 is 2.48 bits per heavy atom. The number of carbonyl (C=O) groups is 1. The molecule has 2 N–H and O–H groups in total. The van der Waals surface area contributed by atoms with E-state index in [1.54, 1.807) is 4.68 Å². The van der Waals surface area contributed by atoms with Gasteiger partial charge in [-0.2, -0.15) is 5.10 Å². The summed E-state index contributed by atoms with van der Waals surface area (Å²) < 4.78 is 6.59. The third-order valence-electron chi connectivity index (χ3n) is 3.70. The maximum Gasteiger partial charge on any atom is 0.345 e. The van der Waals surface area contributed by atoms with E-state index in [1.165, 1.54) is 7.11 Å². The molecule has 1 saturated heterocycles. The number of hydrogen-bond donors (Lipinski definition) is 1. The summed E-state index contributed by atoms with van der Waals surface area (Å²) >= 11 is 0. The number of piperazine rings is 1. The van der Waals surface area contributed by atoms with Crippen LogP contribution in [0.3, 0.4) is 0 Å². The van der Waals surface area contributed by atoms with Gasteiger partial charge in [-0.1, -0.05) is 13.8 Å². The van der Waals surface area contributed by atoms with Gasteiger partial charge in [0.25, 0.3) is 0 Å². The molecular weight excluding hydrogens is 270 g/mol. The van der Waals surface area contributed by atoms with Crippen molar-refractivity contribution < 1.29 is 9.53 Å². The second-order valence-electron chi connectivity index (χ2n) is 5.94. The van der Waals surface area contributed by atoms with Gasteiger partial charge in [0.05, 0.1) is 7.11 Å². The first kappa shape index (κ1) is 15.6. The number of nitrogens with two attached hydrogens (primary N) is 1. The molecule has 1 aliphatic heterocycles. The molecule has 0 atom stereocenters. The Bertz CT molecular complexity index is 504. The summed E-state index contributed by atoms with van der Waals surface area (Å²) in [5, 5.41) is 4.57. The molecule has 0 saturated carbocycles. The summed E-state index contributed by atoms with van der Waals surface area (Å²) in [4.78, 5) is 16.4. The Kier molecular flexibility index (Phi) is 4.72. The quantitative estimate of drug-likeness (QED) is 0.822. The zero-order valence-corrected chi connectivity index (χ0v) is 13.3. The van der Waals surface area contributed by atoms with Crippen LogP contribution < -0.4 is 10.6 Å². The number of methoxy groups -OCH3 is 1. The summed E-state index contributed by atoms with van der Waals surface area (Å²) in [7, 11) is 3.46. The Balaban J connectivity index is 2.36. The predicted molar refractivity (Wildman–Crippen MR) is 82.5 cm³/mol. The lowest BCUT2D eigenvalue weighted by Gasteiger charge is -2.32. The summed E-state index contributed by atoms with van der Waals surface area (Å²) in [5.74, 6) is 1.02. The van der Waals surface area contributed by atoms with Gasteiger partial charge in [-0.25, -0.2) is 9.48 Å². The maximum absolute atomic E-state index is 12.1. The zero-order valence-electron chi connectivity index (χ0n) is 13.3. The third kappa shape index (κ3) is 3.29. The highest BCUT2D eigenvalue weighted by molar-refractivity contribution is 5.99. The highest BCUT2D eigenvalue weighted by Crippen LogP contribution is 2.27. The maximum atomic E-state index is 12.1. The molecule has 1 aromatic rings. The molecule has 0 aliphatic carbocycles. The van der Waals surface area contributed by atoms with E-state index in [0.717, 1.165) is 26.2 Å². The van der Waals surface area contributed by atoms with Crippen LogP contribution in [0.4, 0.5) is 11.6 Å². The van der Waals surface area contributed by atoms with Crippen LogP contribution in [0, 0.1) is 5.92 Å². The Labute approximate surface area is 125 Å². The molecule has 0 spiro atoms. The number of aromatic nitrogens is 2. The van der Waals surface area contributed by atoms with E-state index in [0.29, 0.717) is 29.7 Å². The van der Waals surface area contributed by atoms with Crippen LogP contribution >= 0.6 is 0 Å². The lowest BCUT2D eigenvalue weighted by Crippen LogP contribution is -2.45. The molecule has 2 heterocycles. The molecule has 21 heavy (non-hydrogen) atoms. The lowest BCUT2D eigenvalue weighted by molar-refractivity contribution is 0.0602. The normalized spacial score (nSPS) is 16.5. The molecule has 0 bridgehead atoms. The highest BCUT2D eigenvalue weighted by Gasteiger charge is 2.28. The summed E-state index contributed by atoms with van der Waals surface area (Å²) in [5.41, 5.74) is 6.52. The van der Waals surface area contributed by atoms with E-state index in [4.69, 9.17) is 10.5 Å². The van der Waals surface area contributed by atoms with Crippen molar-refractivity contribution in [3.05, 3.63) is 5.56 Å². The first-order valence-corrected chi connectivity index (χ1v) is 7.32. The van der Waals surface area contributed by atoms with Gasteiger partial charge in [-0.15, -0.1) is 0 Å². The second kappa shape index (κ2) is 6.34. The molecule has 7 nitrogen and oxygen atoms in total. The standard InChI is InChI=1S/C14H25N5O2/c1-10(2)9-19-12(15)11(14(20)21-4)13(16-19)18-7-5-17(3)6-8-18/h10H,5-9,15H2,1-4H3. The predicted octanol–water partition coefficient (Wildman–Crippen LogP) is 0.660. The Morgan fingerprint density at radius 1 is 1.33 bits per heavy atom. The number of carbonyl (C=O) groups excluding carboxylic acids is 1. The minimum Gasteiger partial charge on any atom is -0.465 e. The van der Waals surface area contributed by atoms with E-state index in [1.807, 2.05) is 0 Å². The van der Waals surface area contributed by atoms with Crippen LogP contribution in [-0.2, 0) is 11.3 Å². The highest BCUT2D eigenvalue weighted by atomic mass is 16.5. The van der Waals surface area contributed by atoms with Crippen molar-refractivity contribution in [1.29, 1.82) is 0 Å². The van der Waals surface area contributed by atoms with E-state index in [-0.39, 0.29) is 0 Å². The fraction of sp³-hybridized carbons (Fsp3) is 0.714. The molecule has 0 aromatic carbocycles. The van der Waals surface area contributed by atoms with Crippen molar-refractivity contribution in [1.82, 2.24) is 14.7 Å². The van der Waals surface area contributed by atoms with Crippen LogP contribution in [0.5, 0.6) is 0 Å². The molecule has 0 radical (unpaired) electrons. The average Bonchev–Trinajstić information content (AvgIpc) is 2.75. The van der Waals surface area contributed by atoms with Gasteiger partial charge in [0.15, 0.2) is 5.82 Å². The van der Waals surface area contributed by atoms with Crippen molar-refractivity contribution in [3.8, 4) is 0 Å². The van der Waals surface area contributed by atoms with E-state index < -0.39 is 5.97 Å². The molecule has 1 fully saturated rings. The summed E-state index contributed by atoms with van der Waals surface area (Å²) in [6.45, 7) is 8.42. The fourth-order valence-electron chi connectivity index (χ4n) is 2.48. The summed E-state index contributed by atoms with van der Waals surface area (Å²) in [6.07, 6.45) is 0. The van der Waals surface area contributed by atoms with Gasteiger partial charge in [0.1, 0.15) is 11.4 Å². The fourth-order valence-corrected chi connectivity index (χ4v) is 2.48. The number of hydrogen-bond acceptors (Lipinski definition) is 6. The second-order valence-corrected chi connectivity index (χ2v) is 5.94. The monoisotopic (exact) mass is 295 g/mol. The number of likely N-dealkylation sites (N-methyl/N-ethyl adjacent to an activating group) is 1. The van der Waals surface area contributed by atoms with E-state index in [2.05, 4.69) is 35.8 Å². The number of rotatable bonds is 4. The van der Waals surface area contributed by atoms with E-state index >= 15 is 0 Å². The van der Waals surface area contributed by atoms with Crippen molar-refractivity contribution >= 4 is 17.6 Å². The minimum absolute atomic E-state index is 0.391. The van der Waals surface area contributed by atoms with Gasteiger partial charge >= 0.3 is 5.97 Å². The van der Waals surface area contributed by atoms with Gasteiger partial charge in [-0.3, -0.25) is 0 Å². The largest absolute Gasteiger partial charge is 0.465 e. The van der Waals surface area contributed by atoms with Crippen molar-refractivity contribution in [2.45, 2.75) is 20.4 Å². The van der Waals surface area contributed by atoms with E-state index in [9.17, 15) is 4.79 Å². The first-order chi connectivity index (χ1) is 9.93. The van der Waals surface area contributed by atoms with Crippen molar-refractivity contribution in [3.63, 3.8) is 0 Å². The van der Waals surface area contributed by atoms with Crippen LogP contribution in [0.25, 0.3) is 0 Å². The van der Waals surface area contributed by atoms with Crippen LogP contribution in [0.2, 0.25) is 0 Å². The van der Waals surface area contributed by atoms with Crippen LogP contribution in [0.1, 0.15) is 24.2 Å². The minimum atomic E-state index is -0.420. The number of nitrogen functional groups attached to an aromatic ring is 1. The number of esters is 1. The van der Waals surface area contributed by atoms with Crippen molar-refractivity contribution in [2.75, 3.05) is 51.0 Å². The molecule has 1 aliphatic rings. The first-order valence-electron chi connectivity index (χ1n) is 7.32. The molecule has 2 rings (SSSR count). The molecule has 0 unspecified atom stereocenters. The van der Waals surface area contributed by atoms with Gasteiger partial charge in [0, 0.05) is 32.7 Å². The van der Waals surface area contributed by atoms with Gasteiger partial charge < -0.3 is 20.3 Å². The topological polar surface area (TPSA) is 76.6 Å². The van der Waals surface area contributed by atoms with Crippen LogP contribution in [0.15, 0.2) is 0 Å². The smallest absolute Gasteiger partial charge is 0.345 e. The number of nitrogens with zero attached hydrogens (tertiary/aromatic N) is 4. The Morgan fingerprint density at radius 2 is 1.95 bits per heavy atom. The third-order valence-corrected chi connectivity index (χ3v) is 3.70. The van der Waals surface area contributed by atoms with Gasteiger partial charge in [-0.05, 0) is 13.0 Å². The lowest BCUT2D eigenvalue weighted by atomic mass is 10.2. The number of ether oxygens (including phenoxy) is 1. The molecular formula is C14H25N5O2. The van der Waals surface area contributed by atoms with Crippen LogP contribution in [-0.4, -0.2) is 61.0 Å². The Hall–Kier alpha value is -1.76. The molecule has 0 amide bonds. The van der Waals surface area contributed by atoms with Crippen molar-refractivity contribution in [2.24, 2.45) is 5.92 Å². The molecule has 118 valence electrons. The van der Waals surface area contributed by atoms with Gasteiger partial charge in [0.2, 0.25) is 0 Å². The number of anilines is 2.